The number of ether oxygens (including phenoxy) is 1. The molecule has 1 heterocycles. The number of rotatable bonds is 5. The van der Waals surface area contributed by atoms with Gasteiger partial charge in [0.1, 0.15) is 17.9 Å². The Bertz CT molecular complexity index is 812. The zero-order chi connectivity index (χ0) is 17.9. The van der Waals surface area contributed by atoms with Gasteiger partial charge in [0, 0.05) is 0 Å². The van der Waals surface area contributed by atoms with Crippen LogP contribution in [0.15, 0.2) is 24.3 Å². The van der Waals surface area contributed by atoms with E-state index < -0.39 is 16.8 Å². The van der Waals surface area contributed by atoms with Gasteiger partial charge < -0.3 is 10.1 Å². The summed E-state index contributed by atoms with van der Waals surface area (Å²) in [5.74, 6) is -1.04. The highest BCUT2D eigenvalue weighted by Gasteiger charge is 2.23. The lowest BCUT2D eigenvalue weighted by Gasteiger charge is -2.10. The van der Waals surface area contributed by atoms with E-state index in [4.69, 9.17) is 0 Å². The fourth-order valence-electron chi connectivity index (χ4n) is 2.31. The van der Waals surface area contributed by atoms with E-state index in [2.05, 4.69) is 15.2 Å². The number of anilines is 1. The maximum Gasteiger partial charge on any atom is 0.339 e. The molecule has 0 radical (unpaired) electrons. The minimum Gasteiger partial charge on any atom is -0.465 e. The van der Waals surface area contributed by atoms with Crippen molar-refractivity contribution in [1.82, 2.24) is 9.78 Å². The first kappa shape index (κ1) is 17.1. The third-order valence-corrected chi connectivity index (χ3v) is 3.43. The van der Waals surface area contributed by atoms with Crippen LogP contribution in [0.5, 0.6) is 0 Å². The molecule has 1 N–H and O–H groups in total. The predicted molar refractivity (Wildman–Crippen MR) is 84.8 cm³/mol. The highest BCUT2D eigenvalue weighted by Crippen LogP contribution is 2.22. The molecule has 0 fully saturated rings. The van der Waals surface area contributed by atoms with Crippen LogP contribution < -0.4 is 5.32 Å². The Morgan fingerprint density at radius 3 is 2.58 bits per heavy atom. The van der Waals surface area contributed by atoms with Gasteiger partial charge in [-0.2, -0.15) is 5.10 Å². The van der Waals surface area contributed by atoms with E-state index in [1.165, 1.54) is 31.7 Å². The standard InChI is InChI=1S/C15H16N4O5/c1-9-14(19(22)23)10(2)18(17-9)8-13(20)16-12-7-5-4-6-11(12)15(21)24-3/h4-7H,8H2,1-3H3,(H,16,20). The number of methoxy groups -OCH3 is 1. The highest BCUT2D eigenvalue weighted by molar-refractivity contribution is 6.01. The van der Waals surface area contributed by atoms with Crippen LogP contribution in [0.1, 0.15) is 21.7 Å². The van der Waals surface area contributed by atoms with Crippen LogP contribution in [0.25, 0.3) is 0 Å². The topological polar surface area (TPSA) is 116 Å². The van der Waals surface area contributed by atoms with Gasteiger partial charge in [-0.05, 0) is 26.0 Å². The average Bonchev–Trinajstić information content (AvgIpc) is 2.81. The summed E-state index contributed by atoms with van der Waals surface area (Å²) in [5, 5.41) is 17.6. The van der Waals surface area contributed by atoms with Crippen molar-refractivity contribution in [3.05, 3.63) is 51.3 Å². The first-order valence-corrected chi connectivity index (χ1v) is 7.00. The van der Waals surface area contributed by atoms with E-state index in [0.29, 0.717) is 5.69 Å². The van der Waals surface area contributed by atoms with E-state index in [1.54, 1.807) is 18.2 Å². The number of hydrogen-bond donors (Lipinski definition) is 1. The Labute approximate surface area is 137 Å². The number of nitrogens with one attached hydrogen (secondary N) is 1. The molecule has 0 saturated carbocycles. The van der Waals surface area contributed by atoms with Crippen LogP contribution in [0, 0.1) is 24.0 Å². The molecule has 1 aromatic heterocycles. The number of para-hydroxylation sites is 1. The summed E-state index contributed by atoms with van der Waals surface area (Å²) in [6.07, 6.45) is 0. The average molecular weight is 332 g/mol. The molecule has 0 saturated heterocycles. The summed E-state index contributed by atoms with van der Waals surface area (Å²) in [4.78, 5) is 34.3. The fourth-order valence-corrected chi connectivity index (χ4v) is 2.31. The monoisotopic (exact) mass is 332 g/mol. The zero-order valence-electron chi connectivity index (χ0n) is 13.4. The molecule has 0 atom stereocenters. The predicted octanol–water partition coefficient (Wildman–Crippen LogP) is 1.83. The van der Waals surface area contributed by atoms with Crippen LogP contribution in [0.2, 0.25) is 0 Å². The Morgan fingerprint density at radius 2 is 2.00 bits per heavy atom. The van der Waals surface area contributed by atoms with Gasteiger partial charge in [0.2, 0.25) is 5.91 Å². The van der Waals surface area contributed by atoms with Gasteiger partial charge in [-0.3, -0.25) is 19.6 Å². The number of nitro groups is 1. The van der Waals surface area contributed by atoms with Gasteiger partial charge in [-0.1, -0.05) is 12.1 Å². The number of hydrogen-bond acceptors (Lipinski definition) is 6. The van der Waals surface area contributed by atoms with Gasteiger partial charge in [0.25, 0.3) is 0 Å². The normalized spacial score (nSPS) is 10.3. The number of carbonyl (C=O) groups excluding carboxylic acids is 2. The molecule has 0 bridgehead atoms. The SMILES string of the molecule is COC(=O)c1ccccc1NC(=O)Cn1nc(C)c([N+](=O)[O-])c1C. The van der Waals surface area contributed by atoms with Crippen LogP contribution in [0.3, 0.4) is 0 Å². The Kier molecular flexibility index (Phi) is 4.93. The lowest BCUT2D eigenvalue weighted by molar-refractivity contribution is -0.386. The van der Waals surface area contributed by atoms with E-state index in [9.17, 15) is 19.7 Å². The second-order valence-corrected chi connectivity index (χ2v) is 5.02. The third kappa shape index (κ3) is 3.40. The third-order valence-electron chi connectivity index (χ3n) is 3.43. The van der Waals surface area contributed by atoms with Crippen molar-refractivity contribution in [2.45, 2.75) is 20.4 Å². The van der Waals surface area contributed by atoms with Gasteiger partial charge in [0.15, 0.2) is 0 Å². The molecule has 0 aliphatic heterocycles. The lowest BCUT2D eigenvalue weighted by Crippen LogP contribution is -2.21. The number of esters is 1. The van der Waals surface area contributed by atoms with Gasteiger partial charge in [-0.15, -0.1) is 0 Å². The summed E-state index contributed by atoms with van der Waals surface area (Å²) >= 11 is 0. The molecule has 9 heteroatoms. The molecule has 9 nitrogen and oxygen atoms in total. The second-order valence-electron chi connectivity index (χ2n) is 5.02. The number of benzene rings is 1. The fraction of sp³-hybridized carbons (Fsp3) is 0.267. The number of nitrogens with zero attached hydrogens (tertiary/aromatic N) is 3. The second kappa shape index (κ2) is 6.90. The Balaban J connectivity index is 2.20. The molecular formula is C15H16N4O5. The molecule has 0 aliphatic carbocycles. The quantitative estimate of drug-likeness (QED) is 0.507. The van der Waals surface area contributed by atoms with Crippen molar-refractivity contribution in [3.8, 4) is 0 Å². The molecular weight excluding hydrogens is 316 g/mol. The molecule has 0 unspecified atom stereocenters. The molecule has 2 aromatic rings. The number of amides is 1. The van der Waals surface area contributed by atoms with Gasteiger partial charge in [0.05, 0.1) is 23.3 Å². The molecule has 24 heavy (non-hydrogen) atoms. The van der Waals surface area contributed by atoms with Crippen molar-refractivity contribution >= 4 is 23.3 Å². The molecule has 126 valence electrons. The van der Waals surface area contributed by atoms with Crippen LogP contribution in [0.4, 0.5) is 11.4 Å². The van der Waals surface area contributed by atoms with Crippen molar-refractivity contribution in [2.24, 2.45) is 0 Å². The number of aryl methyl sites for hydroxylation is 1. The van der Waals surface area contributed by atoms with Crippen molar-refractivity contribution in [3.63, 3.8) is 0 Å². The first-order valence-electron chi connectivity index (χ1n) is 7.00. The van der Waals surface area contributed by atoms with E-state index in [1.807, 2.05) is 0 Å². The van der Waals surface area contributed by atoms with Crippen molar-refractivity contribution < 1.29 is 19.2 Å². The summed E-state index contributed by atoms with van der Waals surface area (Å²) in [7, 11) is 1.25. The molecule has 1 amide bonds. The Morgan fingerprint density at radius 1 is 1.33 bits per heavy atom. The maximum atomic E-state index is 12.2. The Hall–Kier alpha value is -3.23. The van der Waals surface area contributed by atoms with E-state index in [0.717, 1.165) is 0 Å². The first-order chi connectivity index (χ1) is 11.3. The molecule has 0 aliphatic rings. The summed E-state index contributed by atoms with van der Waals surface area (Å²) in [6.45, 7) is 2.82. The van der Waals surface area contributed by atoms with E-state index >= 15 is 0 Å². The van der Waals surface area contributed by atoms with E-state index in [-0.39, 0.29) is 29.2 Å². The van der Waals surface area contributed by atoms with Crippen LogP contribution >= 0.6 is 0 Å². The largest absolute Gasteiger partial charge is 0.465 e. The minimum atomic E-state index is -0.576. The summed E-state index contributed by atoms with van der Waals surface area (Å²) in [6, 6.07) is 6.39. The lowest BCUT2D eigenvalue weighted by atomic mass is 10.2. The zero-order valence-corrected chi connectivity index (χ0v) is 13.4. The summed E-state index contributed by atoms with van der Waals surface area (Å²) in [5.41, 5.74) is 0.921. The van der Waals surface area contributed by atoms with Crippen LogP contribution in [-0.2, 0) is 16.1 Å². The summed E-state index contributed by atoms with van der Waals surface area (Å²) < 4.78 is 5.91. The maximum absolute atomic E-state index is 12.2. The molecule has 2 rings (SSSR count). The number of aromatic nitrogens is 2. The molecule has 1 aromatic carbocycles. The smallest absolute Gasteiger partial charge is 0.339 e. The van der Waals surface area contributed by atoms with Gasteiger partial charge in [-0.25, -0.2) is 4.79 Å². The molecule has 0 spiro atoms. The van der Waals surface area contributed by atoms with Crippen molar-refractivity contribution in [2.75, 3.05) is 12.4 Å². The number of carbonyl (C=O) groups is 2. The van der Waals surface area contributed by atoms with Crippen molar-refractivity contribution in [1.29, 1.82) is 0 Å². The van der Waals surface area contributed by atoms with Crippen LogP contribution in [-0.4, -0.2) is 33.7 Å². The minimum absolute atomic E-state index is 0.113. The van der Waals surface area contributed by atoms with Gasteiger partial charge >= 0.3 is 11.7 Å². The highest BCUT2D eigenvalue weighted by atomic mass is 16.6.